The Hall–Kier alpha value is -3.15. The van der Waals surface area contributed by atoms with Gasteiger partial charge in [0.1, 0.15) is 5.54 Å². The van der Waals surface area contributed by atoms with Crippen molar-refractivity contribution in [1.82, 2.24) is 10.6 Å². The number of urea groups is 1. The number of fused-ring (bicyclic) bond motifs is 1. The van der Waals surface area contributed by atoms with Crippen molar-refractivity contribution in [3.05, 3.63) is 65.2 Å². The van der Waals surface area contributed by atoms with E-state index in [2.05, 4.69) is 16.0 Å². The summed E-state index contributed by atoms with van der Waals surface area (Å²) >= 11 is 0. The first-order valence-corrected chi connectivity index (χ1v) is 8.63. The number of hydrogen-bond donors (Lipinski definition) is 3. The fraction of sp³-hybridized carbons (Fsp3) is 0.250. The molecule has 0 radical (unpaired) electrons. The van der Waals surface area contributed by atoms with Crippen molar-refractivity contribution >= 4 is 23.5 Å². The van der Waals surface area contributed by atoms with Gasteiger partial charge in [0.15, 0.2) is 0 Å². The SMILES string of the molecule is O=C(CCc1ccccc1)Nc1ccc2c(c1)CC1(C2)NC(=O)NC1=O. The first kappa shape index (κ1) is 16.3. The molecule has 1 atom stereocenters. The van der Waals surface area contributed by atoms with Crippen molar-refractivity contribution in [3.63, 3.8) is 0 Å². The van der Waals surface area contributed by atoms with E-state index in [1.54, 1.807) is 0 Å². The smallest absolute Gasteiger partial charge is 0.322 e. The molecule has 0 aromatic heterocycles. The number of aryl methyl sites for hydroxylation is 1. The monoisotopic (exact) mass is 349 g/mol. The number of carbonyl (C=O) groups excluding carboxylic acids is 3. The molecule has 2 aromatic rings. The molecule has 0 saturated carbocycles. The van der Waals surface area contributed by atoms with E-state index in [0.29, 0.717) is 31.4 Å². The molecule has 1 saturated heterocycles. The summed E-state index contributed by atoms with van der Waals surface area (Å²) < 4.78 is 0. The quantitative estimate of drug-likeness (QED) is 0.737. The Bertz CT molecular complexity index is 894. The van der Waals surface area contributed by atoms with Crippen molar-refractivity contribution in [2.24, 2.45) is 0 Å². The third-order valence-corrected chi connectivity index (χ3v) is 4.97. The Morgan fingerprint density at radius 1 is 1.04 bits per heavy atom. The molecule has 1 spiro atoms. The topological polar surface area (TPSA) is 87.3 Å². The van der Waals surface area contributed by atoms with Crippen LogP contribution >= 0.6 is 0 Å². The second-order valence-corrected chi connectivity index (χ2v) is 6.86. The normalized spacial score (nSPS) is 20.6. The predicted molar refractivity (Wildman–Crippen MR) is 96.6 cm³/mol. The van der Waals surface area contributed by atoms with E-state index in [9.17, 15) is 14.4 Å². The van der Waals surface area contributed by atoms with Crippen LogP contribution in [0, 0.1) is 0 Å². The van der Waals surface area contributed by atoms with Crippen LogP contribution in [0.25, 0.3) is 0 Å². The summed E-state index contributed by atoms with van der Waals surface area (Å²) in [6.07, 6.45) is 2.01. The molecular formula is C20H19N3O3. The van der Waals surface area contributed by atoms with Gasteiger partial charge in [-0.3, -0.25) is 14.9 Å². The van der Waals surface area contributed by atoms with Crippen molar-refractivity contribution in [2.45, 2.75) is 31.2 Å². The lowest BCUT2D eigenvalue weighted by Crippen LogP contribution is -2.47. The van der Waals surface area contributed by atoms with Crippen molar-refractivity contribution < 1.29 is 14.4 Å². The van der Waals surface area contributed by atoms with Gasteiger partial charge < -0.3 is 10.6 Å². The van der Waals surface area contributed by atoms with Gasteiger partial charge in [-0.1, -0.05) is 36.4 Å². The average molecular weight is 349 g/mol. The molecule has 4 rings (SSSR count). The van der Waals surface area contributed by atoms with Crippen LogP contribution < -0.4 is 16.0 Å². The second kappa shape index (κ2) is 6.29. The van der Waals surface area contributed by atoms with Crippen LogP contribution in [-0.2, 0) is 28.9 Å². The number of amides is 4. The summed E-state index contributed by atoms with van der Waals surface area (Å²) in [6.45, 7) is 0. The summed E-state index contributed by atoms with van der Waals surface area (Å²) in [5, 5.41) is 7.96. The van der Waals surface area contributed by atoms with E-state index < -0.39 is 11.6 Å². The highest BCUT2D eigenvalue weighted by molar-refractivity contribution is 6.07. The molecule has 2 aromatic carbocycles. The minimum atomic E-state index is -0.880. The number of rotatable bonds is 4. The molecule has 1 aliphatic carbocycles. The zero-order valence-corrected chi connectivity index (χ0v) is 14.2. The molecule has 6 heteroatoms. The van der Waals surface area contributed by atoms with Gasteiger partial charge in [0.25, 0.3) is 5.91 Å². The third-order valence-electron chi connectivity index (χ3n) is 4.97. The second-order valence-electron chi connectivity index (χ2n) is 6.86. The zero-order chi connectivity index (χ0) is 18.1. The number of hydrogen-bond acceptors (Lipinski definition) is 3. The highest BCUT2D eigenvalue weighted by atomic mass is 16.2. The Kier molecular flexibility index (Phi) is 3.95. The Labute approximate surface area is 151 Å². The van der Waals surface area contributed by atoms with Crippen LogP contribution in [-0.4, -0.2) is 23.4 Å². The van der Waals surface area contributed by atoms with Gasteiger partial charge >= 0.3 is 6.03 Å². The minimum Gasteiger partial charge on any atom is -0.326 e. The first-order chi connectivity index (χ1) is 12.5. The molecule has 4 amide bonds. The van der Waals surface area contributed by atoms with Gasteiger partial charge in [0.2, 0.25) is 5.91 Å². The highest BCUT2D eigenvalue weighted by Gasteiger charge is 2.49. The van der Waals surface area contributed by atoms with Crippen molar-refractivity contribution in [3.8, 4) is 0 Å². The summed E-state index contributed by atoms with van der Waals surface area (Å²) in [6, 6.07) is 15.1. The van der Waals surface area contributed by atoms with Crippen LogP contribution in [0.1, 0.15) is 23.1 Å². The van der Waals surface area contributed by atoms with Gasteiger partial charge in [-0.05, 0) is 35.2 Å². The molecule has 0 bridgehead atoms. The maximum atomic E-state index is 12.2. The van der Waals surface area contributed by atoms with Crippen LogP contribution in [0.2, 0.25) is 0 Å². The number of benzene rings is 2. The largest absolute Gasteiger partial charge is 0.326 e. The Morgan fingerprint density at radius 2 is 1.81 bits per heavy atom. The van der Waals surface area contributed by atoms with Gasteiger partial charge in [-0.25, -0.2) is 4.79 Å². The minimum absolute atomic E-state index is 0.0478. The molecule has 26 heavy (non-hydrogen) atoms. The average Bonchev–Trinajstić information content (AvgIpc) is 3.12. The van der Waals surface area contributed by atoms with Gasteiger partial charge in [-0.2, -0.15) is 0 Å². The van der Waals surface area contributed by atoms with E-state index in [1.807, 2.05) is 48.5 Å². The molecule has 132 valence electrons. The molecule has 1 aliphatic heterocycles. The maximum Gasteiger partial charge on any atom is 0.322 e. The Morgan fingerprint density at radius 3 is 2.54 bits per heavy atom. The first-order valence-electron chi connectivity index (χ1n) is 8.63. The van der Waals surface area contributed by atoms with Crippen molar-refractivity contribution in [2.75, 3.05) is 5.32 Å². The molecular weight excluding hydrogens is 330 g/mol. The molecule has 1 unspecified atom stereocenters. The van der Waals surface area contributed by atoms with E-state index in [-0.39, 0.29) is 11.8 Å². The lowest BCUT2D eigenvalue weighted by molar-refractivity contribution is -0.123. The van der Waals surface area contributed by atoms with E-state index in [4.69, 9.17) is 0 Å². The number of nitrogens with one attached hydrogen (secondary N) is 3. The fourth-order valence-electron chi connectivity index (χ4n) is 3.66. The fourth-order valence-corrected chi connectivity index (χ4v) is 3.66. The van der Waals surface area contributed by atoms with Crippen LogP contribution in [0.4, 0.5) is 10.5 Å². The summed E-state index contributed by atoms with van der Waals surface area (Å²) in [5.41, 5.74) is 2.95. The maximum absolute atomic E-state index is 12.2. The Balaban J connectivity index is 1.41. The molecule has 1 heterocycles. The lowest BCUT2D eigenvalue weighted by Gasteiger charge is -2.18. The van der Waals surface area contributed by atoms with Gasteiger partial charge in [0, 0.05) is 24.9 Å². The van der Waals surface area contributed by atoms with E-state index in [1.165, 1.54) is 0 Å². The zero-order valence-electron chi connectivity index (χ0n) is 14.2. The lowest BCUT2D eigenvalue weighted by atomic mass is 9.96. The van der Waals surface area contributed by atoms with Crippen LogP contribution in [0.3, 0.4) is 0 Å². The number of anilines is 1. The molecule has 3 N–H and O–H groups in total. The highest BCUT2D eigenvalue weighted by Crippen LogP contribution is 2.33. The molecule has 2 aliphatic rings. The van der Waals surface area contributed by atoms with Gasteiger partial charge in [-0.15, -0.1) is 0 Å². The summed E-state index contributed by atoms with van der Waals surface area (Å²) in [5.74, 6) is -0.333. The van der Waals surface area contributed by atoms with Gasteiger partial charge in [0.05, 0.1) is 0 Å². The molecule has 6 nitrogen and oxygen atoms in total. The number of carbonyl (C=O) groups is 3. The summed E-state index contributed by atoms with van der Waals surface area (Å²) in [4.78, 5) is 35.8. The van der Waals surface area contributed by atoms with Crippen molar-refractivity contribution in [1.29, 1.82) is 0 Å². The number of imide groups is 1. The molecule has 1 fully saturated rings. The third kappa shape index (κ3) is 3.06. The van der Waals surface area contributed by atoms with E-state index in [0.717, 1.165) is 16.7 Å². The summed E-state index contributed by atoms with van der Waals surface area (Å²) in [7, 11) is 0. The van der Waals surface area contributed by atoms with Crippen LogP contribution in [0.15, 0.2) is 48.5 Å². The predicted octanol–water partition coefficient (Wildman–Crippen LogP) is 1.93. The standard InChI is InChI=1S/C20H19N3O3/c24-17(9-6-13-4-2-1-3-5-13)21-16-8-7-14-11-20(12-15(14)10-16)18(25)22-19(26)23-20/h1-5,7-8,10H,6,9,11-12H2,(H,21,24)(H2,22,23,25,26). The van der Waals surface area contributed by atoms with Crippen LogP contribution in [0.5, 0.6) is 0 Å². The van der Waals surface area contributed by atoms with E-state index >= 15 is 0 Å².